The number of rotatable bonds is 4. The summed E-state index contributed by atoms with van der Waals surface area (Å²) in [6.07, 6.45) is 4.28. The molecule has 2 N–H and O–H groups in total. The molecule has 2 heterocycles. The van der Waals surface area contributed by atoms with E-state index in [2.05, 4.69) is 15.7 Å². The van der Waals surface area contributed by atoms with Crippen LogP contribution in [0.5, 0.6) is 0 Å². The largest absolute Gasteiger partial charge is 0.325 e. The standard InChI is InChI=1S/C25H26FN5O3/c1-17-16-22(32)23(29-31(17)21-9-5-4-8-20(21)26)24(33)27-18-10-12-19(13-11-18)28-25(34)30-14-6-2-3-7-15-30/h4-5,8-13,16H,2-3,6-7,14-15H2,1H3,(H,27,33)(H,28,34). The summed E-state index contributed by atoms with van der Waals surface area (Å²) in [4.78, 5) is 39.5. The van der Waals surface area contributed by atoms with E-state index in [0.717, 1.165) is 38.8 Å². The van der Waals surface area contributed by atoms with Crippen molar-refractivity contribution >= 4 is 23.3 Å². The highest BCUT2D eigenvalue weighted by atomic mass is 19.1. The molecule has 0 atom stereocenters. The molecule has 0 unspecified atom stereocenters. The average Bonchev–Trinajstić information content (AvgIpc) is 3.11. The van der Waals surface area contributed by atoms with Crippen molar-refractivity contribution in [1.82, 2.24) is 14.7 Å². The third-order valence-electron chi connectivity index (χ3n) is 5.69. The van der Waals surface area contributed by atoms with Gasteiger partial charge in [0.1, 0.15) is 11.5 Å². The minimum atomic E-state index is -0.712. The summed E-state index contributed by atoms with van der Waals surface area (Å²) in [5, 5.41) is 9.61. The molecule has 0 radical (unpaired) electrons. The van der Waals surface area contributed by atoms with E-state index < -0.39 is 17.2 Å². The molecule has 1 fully saturated rings. The van der Waals surface area contributed by atoms with Gasteiger partial charge in [-0.2, -0.15) is 5.10 Å². The third kappa shape index (κ3) is 5.31. The third-order valence-corrected chi connectivity index (χ3v) is 5.69. The fraction of sp³-hybridized carbons (Fsp3) is 0.280. The Hall–Kier alpha value is -4.01. The van der Waals surface area contributed by atoms with Crippen LogP contribution in [-0.4, -0.2) is 39.7 Å². The molecule has 0 aliphatic carbocycles. The SMILES string of the molecule is Cc1cc(=O)c(C(=O)Nc2ccc(NC(=O)N3CCCCCC3)cc2)nn1-c1ccccc1F. The van der Waals surface area contributed by atoms with Crippen molar-refractivity contribution in [2.75, 3.05) is 23.7 Å². The molecule has 1 aliphatic heterocycles. The number of carbonyl (C=O) groups excluding carboxylic acids is 2. The molecular weight excluding hydrogens is 437 g/mol. The molecular formula is C25H26FN5O3. The Labute approximate surface area is 196 Å². The van der Waals surface area contributed by atoms with Crippen molar-refractivity contribution in [3.05, 3.63) is 82.0 Å². The fourth-order valence-corrected chi connectivity index (χ4v) is 3.88. The maximum atomic E-state index is 14.2. The smallest absolute Gasteiger partial charge is 0.321 e. The number of nitrogens with zero attached hydrogens (tertiary/aromatic N) is 3. The second kappa shape index (κ2) is 10.3. The van der Waals surface area contributed by atoms with E-state index in [9.17, 15) is 18.8 Å². The van der Waals surface area contributed by atoms with Crippen LogP contribution in [-0.2, 0) is 0 Å². The van der Waals surface area contributed by atoms with Crippen LogP contribution >= 0.6 is 0 Å². The van der Waals surface area contributed by atoms with Crippen molar-refractivity contribution in [2.24, 2.45) is 0 Å². The quantitative estimate of drug-likeness (QED) is 0.602. The lowest BCUT2D eigenvalue weighted by molar-refractivity contribution is 0.101. The van der Waals surface area contributed by atoms with E-state index in [4.69, 9.17) is 0 Å². The highest BCUT2D eigenvalue weighted by Crippen LogP contribution is 2.17. The highest BCUT2D eigenvalue weighted by molar-refractivity contribution is 6.02. The van der Waals surface area contributed by atoms with Gasteiger partial charge < -0.3 is 15.5 Å². The Kier molecular flexibility index (Phi) is 7.01. The lowest BCUT2D eigenvalue weighted by atomic mass is 10.2. The molecule has 3 aromatic rings. The van der Waals surface area contributed by atoms with Gasteiger partial charge in [-0.05, 0) is 56.2 Å². The Morgan fingerprint density at radius 2 is 1.53 bits per heavy atom. The van der Waals surface area contributed by atoms with Crippen LogP contribution in [0.25, 0.3) is 5.69 Å². The highest BCUT2D eigenvalue weighted by Gasteiger charge is 2.18. The van der Waals surface area contributed by atoms with E-state index in [1.54, 1.807) is 43.3 Å². The van der Waals surface area contributed by atoms with Crippen molar-refractivity contribution in [1.29, 1.82) is 0 Å². The van der Waals surface area contributed by atoms with Gasteiger partial charge in [-0.3, -0.25) is 9.59 Å². The van der Waals surface area contributed by atoms with Crippen LogP contribution in [0.4, 0.5) is 20.6 Å². The summed E-state index contributed by atoms with van der Waals surface area (Å²) < 4.78 is 15.5. The van der Waals surface area contributed by atoms with Crippen molar-refractivity contribution in [3.63, 3.8) is 0 Å². The number of amides is 3. The molecule has 0 spiro atoms. The van der Waals surface area contributed by atoms with Gasteiger partial charge in [0.05, 0.1) is 0 Å². The molecule has 176 valence electrons. The lowest BCUT2D eigenvalue weighted by Crippen LogP contribution is -2.35. The molecule has 3 amide bonds. The first-order valence-corrected chi connectivity index (χ1v) is 11.3. The van der Waals surface area contributed by atoms with E-state index in [0.29, 0.717) is 17.1 Å². The molecule has 9 heteroatoms. The zero-order valence-corrected chi connectivity index (χ0v) is 18.9. The normalized spacial score (nSPS) is 13.8. The number of nitrogens with one attached hydrogen (secondary N) is 2. The topological polar surface area (TPSA) is 96.3 Å². The van der Waals surface area contributed by atoms with Crippen LogP contribution in [0, 0.1) is 12.7 Å². The van der Waals surface area contributed by atoms with Crippen molar-refractivity contribution < 1.29 is 14.0 Å². The van der Waals surface area contributed by atoms with Crippen molar-refractivity contribution in [2.45, 2.75) is 32.6 Å². The zero-order valence-electron chi connectivity index (χ0n) is 18.9. The molecule has 1 saturated heterocycles. The van der Waals surface area contributed by atoms with Gasteiger partial charge in [0.25, 0.3) is 5.91 Å². The second-order valence-corrected chi connectivity index (χ2v) is 8.22. The van der Waals surface area contributed by atoms with E-state index in [1.807, 2.05) is 4.90 Å². The second-order valence-electron chi connectivity index (χ2n) is 8.22. The Morgan fingerprint density at radius 3 is 2.18 bits per heavy atom. The predicted octanol–water partition coefficient (Wildman–Crippen LogP) is 4.34. The van der Waals surface area contributed by atoms with Gasteiger partial charge in [-0.25, -0.2) is 13.9 Å². The maximum Gasteiger partial charge on any atom is 0.321 e. The summed E-state index contributed by atoms with van der Waals surface area (Å²) in [6, 6.07) is 13.7. The minimum Gasteiger partial charge on any atom is -0.325 e. The number of aromatic nitrogens is 2. The first-order valence-electron chi connectivity index (χ1n) is 11.3. The first-order chi connectivity index (χ1) is 16.4. The number of benzene rings is 2. The predicted molar refractivity (Wildman–Crippen MR) is 128 cm³/mol. The van der Waals surface area contributed by atoms with Gasteiger partial charge in [-0.15, -0.1) is 0 Å². The molecule has 0 bridgehead atoms. The van der Waals surface area contributed by atoms with Gasteiger partial charge >= 0.3 is 6.03 Å². The number of likely N-dealkylation sites (tertiary alicyclic amines) is 1. The summed E-state index contributed by atoms with van der Waals surface area (Å²) in [7, 11) is 0. The van der Waals surface area contributed by atoms with Gasteiger partial charge in [0.15, 0.2) is 5.69 Å². The molecule has 34 heavy (non-hydrogen) atoms. The maximum absolute atomic E-state index is 14.2. The summed E-state index contributed by atoms with van der Waals surface area (Å²) >= 11 is 0. The minimum absolute atomic E-state index is 0.138. The molecule has 1 aliphatic rings. The summed E-state index contributed by atoms with van der Waals surface area (Å²) in [5.41, 5.74) is 0.644. The first kappa shape index (κ1) is 23.2. The van der Waals surface area contributed by atoms with Crippen LogP contribution in [0.1, 0.15) is 41.9 Å². The van der Waals surface area contributed by atoms with Crippen LogP contribution in [0.15, 0.2) is 59.4 Å². The Morgan fingerprint density at radius 1 is 0.912 bits per heavy atom. The number of anilines is 2. The van der Waals surface area contributed by atoms with E-state index in [-0.39, 0.29) is 17.4 Å². The molecule has 2 aromatic carbocycles. The molecule has 8 nitrogen and oxygen atoms in total. The molecule has 0 saturated carbocycles. The fourth-order valence-electron chi connectivity index (χ4n) is 3.88. The van der Waals surface area contributed by atoms with Crippen LogP contribution in [0.2, 0.25) is 0 Å². The number of aryl methyl sites for hydroxylation is 1. The number of hydrogen-bond donors (Lipinski definition) is 2. The summed E-state index contributed by atoms with van der Waals surface area (Å²) in [6.45, 7) is 3.10. The number of carbonyl (C=O) groups is 2. The molecule has 1 aromatic heterocycles. The van der Waals surface area contributed by atoms with Gasteiger partial charge in [0.2, 0.25) is 5.43 Å². The Balaban J connectivity index is 1.47. The number of halogens is 1. The van der Waals surface area contributed by atoms with Crippen LogP contribution in [0.3, 0.4) is 0 Å². The lowest BCUT2D eigenvalue weighted by Gasteiger charge is -2.20. The monoisotopic (exact) mass is 463 g/mol. The Bertz CT molecular complexity index is 1250. The van der Waals surface area contributed by atoms with Crippen molar-refractivity contribution in [3.8, 4) is 5.69 Å². The van der Waals surface area contributed by atoms with Gasteiger partial charge in [0, 0.05) is 36.2 Å². The molecule has 4 rings (SSSR count). The van der Waals surface area contributed by atoms with E-state index >= 15 is 0 Å². The summed E-state index contributed by atoms with van der Waals surface area (Å²) in [5.74, 6) is -1.23. The number of para-hydroxylation sites is 1. The number of urea groups is 1. The zero-order chi connectivity index (χ0) is 24.1. The number of hydrogen-bond acceptors (Lipinski definition) is 4. The average molecular weight is 464 g/mol. The van der Waals surface area contributed by atoms with Gasteiger partial charge in [-0.1, -0.05) is 25.0 Å². The van der Waals surface area contributed by atoms with Crippen LogP contribution < -0.4 is 16.1 Å². The van der Waals surface area contributed by atoms with E-state index in [1.165, 1.54) is 22.9 Å².